The zero-order valence-corrected chi connectivity index (χ0v) is 6.22. The third kappa shape index (κ3) is 1.25. The largest absolute Gasteiger partial charge is 0.299 e. The molecule has 56 valence electrons. The lowest BCUT2D eigenvalue weighted by Gasteiger charge is -2.01. The molecule has 1 aliphatic rings. The van der Waals surface area contributed by atoms with E-state index < -0.39 is 0 Å². The molecule has 1 aliphatic carbocycles. The first-order chi connectivity index (χ1) is 4.75. The highest BCUT2D eigenvalue weighted by Gasteiger charge is 2.31. The molecule has 0 unspecified atom stereocenters. The molecule has 1 fully saturated rings. The topological polar surface area (TPSA) is 34.1 Å². The Labute approximate surface area is 60.6 Å². The van der Waals surface area contributed by atoms with Crippen molar-refractivity contribution in [1.82, 2.24) is 0 Å². The Hall–Kier alpha value is -0.660. The average molecular weight is 140 g/mol. The Morgan fingerprint density at radius 1 is 1.30 bits per heavy atom. The molecule has 0 atom stereocenters. The predicted molar refractivity (Wildman–Crippen MR) is 37.6 cm³/mol. The highest BCUT2D eigenvalue weighted by Crippen LogP contribution is 2.21. The summed E-state index contributed by atoms with van der Waals surface area (Å²) in [7, 11) is 0. The van der Waals surface area contributed by atoms with Crippen molar-refractivity contribution in [3.05, 3.63) is 0 Å². The minimum atomic E-state index is -0.231. The molecule has 0 amide bonds. The molecule has 0 N–H and O–H groups in total. The molecule has 1 rings (SSSR count). The molecule has 0 bridgehead atoms. The molecule has 0 radical (unpaired) electrons. The molecule has 0 aromatic heterocycles. The van der Waals surface area contributed by atoms with Crippen LogP contribution in [0.4, 0.5) is 0 Å². The summed E-state index contributed by atoms with van der Waals surface area (Å²) in [6.45, 7) is 2.00. The zero-order chi connectivity index (χ0) is 7.56. The fourth-order valence-electron chi connectivity index (χ4n) is 1.39. The molecule has 1 saturated carbocycles. The normalized spacial score (nSPS) is 20.5. The Morgan fingerprint density at radius 2 is 1.80 bits per heavy atom. The summed E-state index contributed by atoms with van der Waals surface area (Å²) in [6, 6.07) is 0. The van der Waals surface area contributed by atoms with Crippen molar-refractivity contribution < 1.29 is 9.59 Å². The second-order valence-electron chi connectivity index (χ2n) is 2.77. The van der Waals surface area contributed by atoms with Gasteiger partial charge in [-0.25, -0.2) is 0 Å². The third-order valence-corrected chi connectivity index (χ3v) is 1.97. The molecule has 0 spiro atoms. The van der Waals surface area contributed by atoms with Crippen molar-refractivity contribution in [2.24, 2.45) is 5.92 Å². The van der Waals surface area contributed by atoms with Crippen LogP contribution in [0.5, 0.6) is 0 Å². The summed E-state index contributed by atoms with van der Waals surface area (Å²) in [5.41, 5.74) is 0. The maximum atomic E-state index is 11.0. The number of carbonyl (C=O) groups excluding carboxylic acids is 2. The molecule has 2 heteroatoms. The minimum absolute atomic E-state index is 0.159. The molecule has 0 aromatic rings. The van der Waals surface area contributed by atoms with Gasteiger partial charge in [0, 0.05) is 12.8 Å². The first-order valence-electron chi connectivity index (χ1n) is 3.81. The van der Waals surface area contributed by atoms with E-state index in [1.165, 1.54) is 0 Å². The molecular formula is C8H12O2. The van der Waals surface area contributed by atoms with Gasteiger partial charge < -0.3 is 0 Å². The lowest BCUT2D eigenvalue weighted by molar-refractivity contribution is -0.127. The summed E-state index contributed by atoms with van der Waals surface area (Å²) >= 11 is 0. The molecule has 0 aliphatic heterocycles. The fourth-order valence-corrected chi connectivity index (χ4v) is 1.39. The van der Waals surface area contributed by atoms with Crippen LogP contribution >= 0.6 is 0 Å². The van der Waals surface area contributed by atoms with E-state index in [0.29, 0.717) is 12.8 Å². The van der Waals surface area contributed by atoms with Gasteiger partial charge >= 0.3 is 0 Å². The highest BCUT2D eigenvalue weighted by molar-refractivity contribution is 6.08. The first-order valence-corrected chi connectivity index (χ1v) is 3.81. The van der Waals surface area contributed by atoms with E-state index in [0.717, 1.165) is 12.8 Å². The molecule has 2 nitrogen and oxygen atoms in total. The van der Waals surface area contributed by atoms with Gasteiger partial charge in [-0.2, -0.15) is 0 Å². The Morgan fingerprint density at radius 3 is 2.20 bits per heavy atom. The van der Waals surface area contributed by atoms with Crippen LogP contribution in [0, 0.1) is 5.92 Å². The van der Waals surface area contributed by atoms with E-state index >= 15 is 0 Å². The molecule has 0 aromatic carbocycles. The van der Waals surface area contributed by atoms with Gasteiger partial charge in [-0.1, -0.05) is 13.3 Å². The quantitative estimate of drug-likeness (QED) is 0.542. The van der Waals surface area contributed by atoms with Gasteiger partial charge in [0.25, 0.3) is 0 Å². The average Bonchev–Trinajstić information content (AvgIpc) is 2.20. The van der Waals surface area contributed by atoms with Gasteiger partial charge in [0.2, 0.25) is 0 Å². The van der Waals surface area contributed by atoms with E-state index in [4.69, 9.17) is 0 Å². The molecular weight excluding hydrogens is 128 g/mol. The van der Waals surface area contributed by atoms with Crippen molar-refractivity contribution in [3.8, 4) is 0 Å². The SMILES string of the molecule is CCCC1C(=O)CCC1=O. The maximum absolute atomic E-state index is 11.0. The highest BCUT2D eigenvalue weighted by atomic mass is 16.2. The lowest BCUT2D eigenvalue weighted by atomic mass is 10.0. The summed E-state index contributed by atoms with van der Waals surface area (Å²) < 4.78 is 0. The van der Waals surface area contributed by atoms with Crippen molar-refractivity contribution in [2.75, 3.05) is 0 Å². The molecule has 10 heavy (non-hydrogen) atoms. The van der Waals surface area contributed by atoms with Crippen molar-refractivity contribution in [3.63, 3.8) is 0 Å². The van der Waals surface area contributed by atoms with Gasteiger partial charge in [0.1, 0.15) is 11.6 Å². The van der Waals surface area contributed by atoms with E-state index in [1.807, 2.05) is 6.92 Å². The van der Waals surface area contributed by atoms with Crippen molar-refractivity contribution in [2.45, 2.75) is 32.6 Å². The van der Waals surface area contributed by atoms with Crippen LogP contribution in [-0.2, 0) is 9.59 Å². The van der Waals surface area contributed by atoms with Crippen LogP contribution in [-0.4, -0.2) is 11.6 Å². The smallest absolute Gasteiger partial charge is 0.143 e. The zero-order valence-electron chi connectivity index (χ0n) is 6.22. The van der Waals surface area contributed by atoms with Crippen LogP contribution in [0.1, 0.15) is 32.6 Å². The number of ketones is 2. The Balaban J connectivity index is 2.54. The Kier molecular flexibility index (Phi) is 2.20. The van der Waals surface area contributed by atoms with Gasteiger partial charge in [0.05, 0.1) is 5.92 Å². The van der Waals surface area contributed by atoms with Gasteiger partial charge in [-0.15, -0.1) is 0 Å². The van der Waals surface area contributed by atoms with Crippen molar-refractivity contribution >= 4 is 11.6 Å². The number of Topliss-reactive ketones (excluding diaryl/α,β-unsaturated/α-hetero) is 2. The Bertz CT molecular complexity index is 145. The molecule has 0 saturated heterocycles. The monoisotopic (exact) mass is 140 g/mol. The van der Waals surface area contributed by atoms with Crippen molar-refractivity contribution in [1.29, 1.82) is 0 Å². The maximum Gasteiger partial charge on any atom is 0.143 e. The van der Waals surface area contributed by atoms with Crippen LogP contribution in [0.15, 0.2) is 0 Å². The van der Waals surface area contributed by atoms with E-state index in [1.54, 1.807) is 0 Å². The van der Waals surface area contributed by atoms with Crippen LogP contribution in [0.25, 0.3) is 0 Å². The molecule has 0 heterocycles. The second-order valence-corrected chi connectivity index (χ2v) is 2.77. The van der Waals surface area contributed by atoms with Gasteiger partial charge in [-0.05, 0) is 6.42 Å². The van der Waals surface area contributed by atoms with E-state index in [2.05, 4.69) is 0 Å². The van der Waals surface area contributed by atoms with Crippen LogP contribution in [0.2, 0.25) is 0 Å². The number of rotatable bonds is 2. The summed E-state index contributed by atoms with van der Waals surface area (Å²) in [5, 5.41) is 0. The van der Waals surface area contributed by atoms with E-state index in [9.17, 15) is 9.59 Å². The number of hydrogen-bond acceptors (Lipinski definition) is 2. The van der Waals surface area contributed by atoms with Gasteiger partial charge in [-0.3, -0.25) is 9.59 Å². The second kappa shape index (κ2) is 2.95. The van der Waals surface area contributed by atoms with Crippen LogP contribution < -0.4 is 0 Å². The summed E-state index contributed by atoms with van der Waals surface area (Å²) in [5.74, 6) is 0.0868. The standard InChI is InChI=1S/C8H12O2/c1-2-3-6-7(9)4-5-8(6)10/h6H,2-5H2,1H3. The summed E-state index contributed by atoms with van der Waals surface area (Å²) in [6.07, 6.45) is 2.67. The predicted octanol–water partition coefficient (Wildman–Crippen LogP) is 1.33. The lowest BCUT2D eigenvalue weighted by Crippen LogP contribution is -2.13. The third-order valence-electron chi connectivity index (χ3n) is 1.97. The fraction of sp³-hybridized carbons (Fsp3) is 0.750. The summed E-state index contributed by atoms with van der Waals surface area (Å²) in [4.78, 5) is 21.9. The number of carbonyl (C=O) groups is 2. The first kappa shape index (κ1) is 7.45. The minimum Gasteiger partial charge on any atom is -0.299 e. The van der Waals surface area contributed by atoms with Gasteiger partial charge in [0.15, 0.2) is 0 Å². The number of hydrogen-bond donors (Lipinski definition) is 0. The van der Waals surface area contributed by atoms with E-state index in [-0.39, 0.29) is 17.5 Å². The van der Waals surface area contributed by atoms with Crippen LogP contribution in [0.3, 0.4) is 0 Å².